The third-order valence-electron chi connectivity index (χ3n) is 1.56. The fourth-order valence-electron chi connectivity index (χ4n) is 0.622. The van der Waals surface area contributed by atoms with E-state index in [4.69, 9.17) is 19.3 Å². The quantitative estimate of drug-likeness (QED) is 0.263. The van der Waals surface area contributed by atoms with Crippen molar-refractivity contribution in [3.63, 3.8) is 0 Å². The summed E-state index contributed by atoms with van der Waals surface area (Å²) in [5.74, 6) is -16.1. The first-order valence-corrected chi connectivity index (χ1v) is 9.02. The molecule has 0 aliphatic rings. The summed E-state index contributed by atoms with van der Waals surface area (Å²) < 4.78 is 169. The molecule has 0 radical (unpaired) electrons. The standard InChI is InChI=1S/2C3H3F5O3S.C2H6O2/c2*4-2(5,3(6,7)8)1-12(9,10)11;1-2(3)4/h2*1H2,(H,9,10,11);2-4H,1H3. The minimum atomic E-state index is -5.97. The summed E-state index contributed by atoms with van der Waals surface area (Å²) in [6, 6.07) is 0. The van der Waals surface area contributed by atoms with E-state index in [2.05, 4.69) is 0 Å². The van der Waals surface area contributed by atoms with Crippen molar-refractivity contribution < 1.29 is 80.1 Å². The van der Waals surface area contributed by atoms with Gasteiger partial charge in [0.05, 0.1) is 0 Å². The van der Waals surface area contributed by atoms with Crippen LogP contribution < -0.4 is 0 Å². The van der Waals surface area contributed by atoms with E-state index < -0.39 is 62.2 Å². The number of aliphatic hydroxyl groups excluding tert-OH is 1. The molecule has 0 amide bonds. The van der Waals surface area contributed by atoms with Gasteiger partial charge >= 0.3 is 24.2 Å². The zero-order valence-corrected chi connectivity index (χ0v) is 14.6. The smallest absolute Gasteiger partial charge is 0.368 e. The van der Waals surface area contributed by atoms with Crippen LogP contribution in [0.5, 0.6) is 0 Å². The monoisotopic (exact) mass is 490 g/mol. The van der Waals surface area contributed by atoms with E-state index in [-0.39, 0.29) is 0 Å². The van der Waals surface area contributed by atoms with E-state index in [0.717, 1.165) is 0 Å². The maximum atomic E-state index is 11.8. The van der Waals surface area contributed by atoms with Crippen LogP contribution in [0.2, 0.25) is 0 Å². The second kappa shape index (κ2) is 10.2. The molecule has 0 atom stereocenters. The molecule has 0 saturated carbocycles. The zero-order chi connectivity index (χ0) is 24.0. The van der Waals surface area contributed by atoms with Gasteiger partial charge in [-0.25, -0.2) is 0 Å². The predicted molar refractivity (Wildman–Crippen MR) is 68.7 cm³/mol. The molecule has 0 heterocycles. The molecule has 0 aromatic rings. The lowest BCUT2D eigenvalue weighted by Gasteiger charge is -2.17. The van der Waals surface area contributed by atoms with Gasteiger partial charge in [0.25, 0.3) is 20.2 Å². The molecule has 20 heteroatoms. The van der Waals surface area contributed by atoms with Crippen LogP contribution in [0.1, 0.15) is 6.92 Å². The summed E-state index contributed by atoms with van der Waals surface area (Å²) in [6.45, 7) is 1.28. The Hall–Kier alpha value is -0.960. The molecule has 0 saturated heterocycles. The number of halogens is 10. The second-order valence-corrected chi connectivity index (χ2v) is 7.39. The van der Waals surface area contributed by atoms with Gasteiger partial charge in [-0.2, -0.15) is 60.7 Å². The molecular weight excluding hydrogens is 478 g/mol. The lowest BCUT2D eigenvalue weighted by Crippen LogP contribution is -2.42. The maximum Gasteiger partial charge on any atom is 0.454 e. The second-order valence-electron chi connectivity index (χ2n) is 4.49. The van der Waals surface area contributed by atoms with Gasteiger partial charge in [0.1, 0.15) is 17.8 Å². The van der Waals surface area contributed by atoms with Crippen LogP contribution in [0, 0.1) is 0 Å². The van der Waals surface area contributed by atoms with E-state index in [1.165, 1.54) is 6.92 Å². The third-order valence-corrected chi connectivity index (χ3v) is 3.01. The molecule has 0 aromatic heterocycles. The molecule has 0 spiro atoms. The first-order chi connectivity index (χ1) is 11.6. The lowest BCUT2D eigenvalue weighted by molar-refractivity contribution is -0.271. The molecule has 4 N–H and O–H groups in total. The van der Waals surface area contributed by atoms with E-state index in [1.54, 1.807) is 0 Å². The zero-order valence-electron chi connectivity index (χ0n) is 13.0. The van der Waals surface area contributed by atoms with Crippen molar-refractivity contribution in [3.05, 3.63) is 0 Å². The van der Waals surface area contributed by atoms with Crippen molar-refractivity contribution in [3.8, 4) is 0 Å². The van der Waals surface area contributed by atoms with Gasteiger partial charge in [-0.1, -0.05) is 0 Å². The number of alkyl halides is 10. The van der Waals surface area contributed by atoms with Gasteiger partial charge < -0.3 is 10.2 Å². The Balaban J connectivity index is -0.000000375. The Morgan fingerprint density at radius 3 is 0.821 bits per heavy atom. The Bertz CT molecular complexity index is 606. The van der Waals surface area contributed by atoms with Gasteiger partial charge in [-0.15, -0.1) is 0 Å². The van der Waals surface area contributed by atoms with Gasteiger partial charge in [0.2, 0.25) is 0 Å². The minimum Gasteiger partial charge on any atom is -0.368 e. The van der Waals surface area contributed by atoms with Crippen LogP contribution in [-0.4, -0.2) is 78.1 Å². The highest BCUT2D eigenvalue weighted by Gasteiger charge is 2.60. The van der Waals surface area contributed by atoms with E-state index in [0.29, 0.717) is 0 Å². The first kappa shape index (κ1) is 31.7. The summed E-state index contributed by atoms with van der Waals surface area (Å²) in [5.41, 5.74) is 0. The van der Waals surface area contributed by atoms with Gasteiger partial charge in [0, 0.05) is 0 Å². The highest BCUT2D eigenvalue weighted by molar-refractivity contribution is 7.86. The normalized spacial score (nSPS) is 14.0. The summed E-state index contributed by atoms with van der Waals surface area (Å²) >= 11 is 0. The first-order valence-electron chi connectivity index (χ1n) is 5.80. The fraction of sp³-hybridized carbons (Fsp3) is 1.00. The Labute approximate surface area is 150 Å². The molecule has 0 unspecified atom stereocenters. The molecule has 28 heavy (non-hydrogen) atoms. The number of hydrogen-bond acceptors (Lipinski definition) is 6. The topological polar surface area (TPSA) is 149 Å². The van der Waals surface area contributed by atoms with E-state index in [9.17, 15) is 60.7 Å². The largest absolute Gasteiger partial charge is 0.454 e. The van der Waals surface area contributed by atoms with Crippen LogP contribution in [0.4, 0.5) is 43.9 Å². The Morgan fingerprint density at radius 2 is 0.786 bits per heavy atom. The van der Waals surface area contributed by atoms with E-state index in [1.807, 2.05) is 0 Å². The summed E-state index contributed by atoms with van der Waals surface area (Å²) in [6.07, 6.45) is -13.1. The van der Waals surface area contributed by atoms with Crippen LogP contribution in [0.15, 0.2) is 0 Å². The molecule has 8 nitrogen and oxygen atoms in total. The van der Waals surface area contributed by atoms with Crippen molar-refractivity contribution >= 4 is 20.2 Å². The van der Waals surface area contributed by atoms with Crippen LogP contribution in [0.25, 0.3) is 0 Å². The Morgan fingerprint density at radius 1 is 0.643 bits per heavy atom. The SMILES string of the molecule is CC(O)O.O=S(=O)(O)CC(F)(F)C(F)(F)F.O=S(=O)(O)CC(F)(F)C(F)(F)F. The van der Waals surface area contributed by atoms with Crippen molar-refractivity contribution in [1.29, 1.82) is 0 Å². The summed E-state index contributed by atoms with van der Waals surface area (Å²) in [5, 5.41) is 15.2. The van der Waals surface area contributed by atoms with Crippen LogP contribution in [-0.2, 0) is 20.2 Å². The van der Waals surface area contributed by atoms with Crippen molar-refractivity contribution in [2.45, 2.75) is 37.4 Å². The average Bonchev–Trinajstić information content (AvgIpc) is 2.17. The molecule has 0 rings (SSSR count). The number of aliphatic hydroxyl groups is 2. The predicted octanol–water partition coefficient (Wildman–Crippen LogP) is 1.46. The third kappa shape index (κ3) is 17.2. The molecule has 0 aliphatic heterocycles. The Kier molecular flexibility index (Phi) is 11.5. The maximum absolute atomic E-state index is 11.8. The average molecular weight is 490 g/mol. The van der Waals surface area contributed by atoms with Crippen molar-refractivity contribution in [2.24, 2.45) is 0 Å². The van der Waals surface area contributed by atoms with Crippen molar-refractivity contribution in [1.82, 2.24) is 0 Å². The van der Waals surface area contributed by atoms with Gasteiger partial charge in [-0.05, 0) is 6.92 Å². The summed E-state index contributed by atoms with van der Waals surface area (Å²) in [4.78, 5) is 0. The number of hydrogen-bond donors (Lipinski definition) is 4. The molecule has 0 bridgehead atoms. The highest BCUT2D eigenvalue weighted by Crippen LogP contribution is 2.36. The molecule has 0 aromatic carbocycles. The fourth-order valence-corrected chi connectivity index (χ4v) is 1.87. The summed E-state index contributed by atoms with van der Waals surface area (Å²) in [7, 11) is -10.7. The van der Waals surface area contributed by atoms with Gasteiger partial charge in [0.15, 0.2) is 0 Å². The number of rotatable bonds is 4. The minimum absolute atomic E-state index is 1.17. The van der Waals surface area contributed by atoms with Gasteiger partial charge in [-0.3, -0.25) is 9.11 Å². The van der Waals surface area contributed by atoms with Crippen LogP contribution >= 0.6 is 0 Å². The molecule has 0 aliphatic carbocycles. The molecular formula is C8H12F10O8S2. The van der Waals surface area contributed by atoms with E-state index >= 15 is 0 Å². The molecule has 174 valence electrons. The lowest BCUT2D eigenvalue weighted by atomic mass is 10.4. The van der Waals surface area contributed by atoms with Crippen molar-refractivity contribution in [2.75, 3.05) is 11.5 Å². The van der Waals surface area contributed by atoms with Crippen LogP contribution in [0.3, 0.4) is 0 Å². The molecule has 0 fully saturated rings. The highest BCUT2D eigenvalue weighted by atomic mass is 32.2.